The van der Waals surface area contributed by atoms with Crippen LogP contribution in [0, 0.1) is 5.41 Å². The summed E-state index contributed by atoms with van der Waals surface area (Å²) in [4.78, 5) is 33.1. The Bertz CT molecular complexity index is 994. The highest BCUT2D eigenvalue weighted by atomic mass is 16.2. The van der Waals surface area contributed by atoms with Gasteiger partial charge in [0, 0.05) is 36.5 Å². The minimum absolute atomic E-state index is 0.0336. The molecule has 1 unspecified atom stereocenters. The van der Waals surface area contributed by atoms with Crippen LogP contribution < -0.4 is 10.2 Å². The minimum Gasteiger partial charge on any atom is -0.357 e. The van der Waals surface area contributed by atoms with Crippen molar-refractivity contribution in [2.75, 3.05) is 10.2 Å². The molecule has 0 radical (unpaired) electrons. The first kappa shape index (κ1) is 20.3. The standard InChI is InChI=1S/C25H29N3O2/c1-4-5-12-22(30)28-20-11-7-6-10-18(20)27-19-14-25(2,3)15-21(29)23(19)24(28)17-9-8-13-26-16-17/h6-11,13,16,24,27H,4-5,12,14-15H2,1-3H3. The maximum atomic E-state index is 13.5. The van der Waals surface area contributed by atoms with Gasteiger partial charge >= 0.3 is 0 Å². The van der Waals surface area contributed by atoms with Crippen molar-refractivity contribution in [3.05, 3.63) is 65.6 Å². The van der Waals surface area contributed by atoms with E-state index in [1.54, 1.807) is 12.4 Å². The van der Waals surface area contributed by atoms with Crippen LogP contribution in [-0.4, -0.2) is 16.7 Å². The van der Waals surface area contributed by atoms with Crippen molar-refractivity contribution in [2.24, 2.45) is 5.41 Å². The van der Waals surface area contributed by atoms with Crippen LogP contribution in [0.5, 0.6) is 0 Å². The first-order valence-electron chi connectivity index (χ1n) is 10.8. The summed E-state index contributed by atoms with van der Waals surface area (Å²) in [5, 5.41) is 3.53. The Hall–Kier alpha value is -2.95. The smallest absolute Gasteiger partial charge is 0.227 e. The number of Topliss-reactive ketones (excluding diaryl/α,β-unsaturated/α-hetero) is 1. The van der Waals surface area contributed by atoms with Crippen molar-refractivity contribution in [3.8, 4) is 0 Å². The quantitative estimate of drug-likeness (QED) is 0.741. The van der Waals surface area contributed by atoms with E-state index in [0.29, 0.717) is 18.4 Å². The number of carbonyl (C=O) groups excluding carboxylic acids is 2. The molecular weight excluding hydrogens is 374 g/mol. The average Bonchev–Trinajstić information content (AvgIpc) is 2.86. The van der Waals surface area contributed by atoms with Gasteiger partial charge in [0.05, 0.1) is 17.4 Å². The lowest BCUT2D eigenvalue weighted by molar-refractivity contribution is -0.119. The fourth-order valence-electron chi connectivity index (χ4n) is 4.56. The van der Waals surface area contributed by atoms with Crippen molar-refractivity contribution in [1.82, 2.24) is 4.98 Å². The van der Waals surface area contributed by atoms with Gasteiger partial charge in [-0.25, -0.2) is 0 Å². The van der Waals surface area contributed by atoms with Gasteiger partial charge in [0.15, 0.2) is 5.78 Å². The van der Waals surface area contributed by atoms with Crippen LogP contribution in [0.3, 0.4) is 0 Å². The van der Waals surface area contributed by atoms with E-state index in [-0.39, 0.29) is 17.1 Å². The molecule has 4 rings (SSSR count). The lowest BCUT2D eigenvalue weighted by Crippen LogP contribution is -2.39. The number of para-hydroxylation sites is 2. The molecule has 2 aliphatic rings. The van der Waals surface area contributed by atoms with Gasteiger partial charge in [-0.3, -0.25) is 19.5 Å². The van der Waals surface area contributed by atoms with Crippen LogP contribution >= 0.6 is 0 Å². The molecule has 1 aliphatic heterocycles. The second-order valence-electron chi connectivity index (χ2n) is 9.03. The third-order valence-corrected chi connectivity index (χ3v) is 5.91. The van der Waals surface area contributed by atoms with Crippen molar-refractivity contribution in [1.29, 1.82) is 0 Å². The van der Waals surface area contributed by atoms with E-state index in [1.807, 2.05) is 41.3 Å². The number of unbranched alkanes of at least 4 members (excludes halogenated alkanes) is 1. The fraction of sp³-hybridized carbons (Fsp3) is 0.400. The Morgan fingerprint density at radius 3 is 2.73 bits per heavy atom. The summed E-state index contributed by atoms with van der Waals surface area (Å²) < 4.78 is 0. The van der Waals surface area contributed by atoms with E-state index in [0.717, 1.165) is 41.9 Å². The van der Waals surface area contributed by atoms with E-state index in [1.165, 1.54) is 0 Å². The molecule has 0 fully saturated rings. The van der Waals surface area contributed by atoms with Gasteiger partial charge in [0.1, 0.15) is 0 Å². The summed E-state index contributed by atoms with van der Waals surface area (Å²) in [6.45, 7) is 6.32. The van der Waals surface area contributed by atoms with E-state index in [2.05, 4.69) is 31.1 Å². The predicted octanol–water partition coefficient (Wildman–Crippen LogP) is 5.41. The molecular formula is C25H29N3O2. The van der Waals surface area contributed by atoms with Crippen LogP contribution in [0.25, 0.3) is 0 Å². The molecule has 0 saturated carbocycles. The number of amides is 1. The predicted molar refractivity (Wildman–Crippen MR) is 119 cm³/mol. The molecule has 5 heteroatoms. The van der Waals surface area contributed by atoms with Gasteiger partial charge in [-0.05, 0) is 42.0 Å². The van der Waals surface area contributed by atoms with E-state index in [9.17, 15) is 9.59 Å². The highest BCUT2D eigenvalue weighted by molar-refractivity contribution is 6.06. The van der Waals surface area contributed by atoms with Crippen LogP contribution in [0.15, 0.2) is 60.1 Å². The third-order valence-electron chi connectivity index (χ3n) is 5.91. The molecule has 1 aliphatic carbocycles. The molecule has 0 spiro atoms. The summed E-state index contributed by atoms with van der Waals surface area (Å²) in [7, 11) is 0. The first-order chi connectivity index (χ1) is 14.4. The maximum absolute atomic E-state index is 13.5. The number of benzene rings is 1. The Labute approximate surface area is 178 Å². The summed E-state index contributed by atoms with van der Waals surface area (Å²) >= 11 is 0. The van der Waals surface area contributed by atoms with Gasteiger partial charge < -0.3 is 5.32 Å². The van der Waals surface area contributed by atoms with Crippen LogP contribution in [0.2, 0.25) is 0 Å². The number of aromatic nitrogens is 1. The Morgan fingerprint density at radius 2 is 2.00 bits per heavy atom. The van der Waals surface area contributed by atoms with Crippen molar-refractivity contribution in [2.45, 2.75) is 58.9 Å². The molecule has 0 bridgehead atoms. The number of hydrogen-bond donors (Lipinski definition) is 1. The van der Waals surface area contributed by atoms with Gasteiger partial charge in [0.25, 0.3) is 0 Å². The largest absolute Gasteiger partial charge is 0.357 e. The number of pyridine rings is 1. The number of hydrogen-bond acceptors (Lipinski definition) is 4. The fourth-order valence-corrected chi connectivity index (χ4v) is 4.56. The minimum atomic E-state index is -0.474. The number of allylic oxidation sites excluding steroid dienone is 1. The molecule has 1 aromatic carbocycles. The van der Waals surface area contributed by atoms with Gasteiger partial charge in [-0.15, -0.1) is 0 Å². The van der Waals surface area contributed by atoms with E-state index < -0.39 is 6.04 Å². The third kappa shape index (κ3) is 3.76. The SMILES string of the molecule is CCCCC(=O)N1c2ccccc2NC2=C(C(=O)CC(C)(C)C2)C1c1cccnc1. The monoisotopic (exact) mass is 403 g/mol. The zero-order valence-corrected chi connectivity index (χ0v) is 17.9. The lowest BCUT2D eigenvalue weighted by atomic mass is 9.73. The molecule has 0 saturated heterocycles. The number of nitrogens with one attached hydrogen (secondary N) is 1. The van der Waals surface area contributed by atoms with Crippen LogP contribution in [0.4, 0.5) is 11.4 Å². The number of nitrogens with zero attached hydrogens (tertiary/aromatic N) is 2. The number of anilines is 2. The molecule has 156 valence electrons. The number of rotatable bonds is 4. The van der Waals surface area contributed by atoms with Crippen molar-refractivity contribution in [3.63, 3.8) is 0 Å². The first-order valence-corrected chi connectivity index (χ1v) is 10.8. The van der Waals surface area contributed by atoms with Gasteiger partial charge in [-0.1, -0.05) is 45.4 Å². The maximum Gasteiger partial charge on any atom is 0.227 e. The molecule has 1 atom stereocenters. The highest BCUT2D eigenvalue weighted by Gasteiger charge is 2.43. The molecule has 2 heterocycles. The summed E-state index contributed by atoms with van der Waals surface area (Å²) in [6, 6.07) is 11.2. The van der Waals surface area contributed by atoms with Gasteiger partial charge in [-0.2, -0.15) is 0 Å². The second-order valence-corrected chi connectivity index (χ2v) is 9.03. The number of ketones is 1. The van der Waals surface area contributed by atoms with Crippen molar-refractivity contribution < 1.29 is 9.59 Å². The molecule has 1 N–H and O–H groups in total. The summed E-state index contributed by atoms with van der Waals surface area (Å²) in [5.41, 5.74) is 4.03. The molecule has 1 amide bonds. The van der Waals surface area contributed by atoms with Gasteiger partial charge in [0.2, 0.25) is 5.91 Å². The van der Waals surface area contributed by atoms with E-state index >= 15 is 0 Å². The summed E-state index contributed by atoms with van der Waals surface area (Å²) in [5.74, 6) is 0.134. The number of carbonyl (C=O) groups is 2. The molecule has 30 heavy (non-hydrogen) atoms. The number of fused-ring (bicyclic) bond motifs is 1. The van der Waals surface area contributed by atoms with Crippen LogP contribution in [-0.2, 0) is 9.59 Å². The second kappa shape index (κ2) is 8.05. The highest BCUT2D eigenvalue weighted by Crippen LogP contribution is 2.48. The Kier molecular flexibility index (Phi) is 5.46. The lowest BCUT2D eigenvalue weighted by Gasteiger charge is -2.37. The van der Waals surface area contributed by atoms with Crippen LogP contribution in [0.1, 0.15) is 64.5 Å². The molecule has 5 nitrogen and oxygen atoms in total. The molecule has 1 aromatic heterocycles. The van der Waals surface area contributed by atoms with Crippen molar-refractivity contribution >= 4 is 23.1 Å². The molecule has 2 aromatic rings. The Morgan fingerprint density at radius 1 is 1.20 bits per heavy atom. The normalized spacial score (nSPS) is 20.2. The average molecular weight is 404 g/mol. The topological polar surface area (TPSA) is 62.3 Å². The Balaban J connectivity index is 1.95. The zero-order valence-electron chi connectivity index (χ0n) is 17.9. The van der Waals surface area contributed by atoms with E-state index in [4.69, 9.17) is 0 Å². The zero-order chi connectivity index (χ0) is 21.3. The summed E-state index contributed by atoms with van der Waals surface area (Å²) in [6.07, 6.45) is 6.93.